The largest absolute Gasteiger partial charge is 0.354 e. The van der Waals surface area contributed by atoms with Crippen molar-refractivity contribution in [2.75, 3.05) is 46.9 Å². The van der Waals surface area contributed by atoms with Crippen LogP contribution in [0.2, 0.25) is 0 Å². The Morgan fingerprint density at radius 1 is 1.00 bits per heavy atom. The Hall–Kier alpha value is -0.690. The van der Waals surface area contributed by atoms with Crippen LogP contribution in [0.1, 0.15) is 20.3 Å². The summed E-state index contributed by atoms with van der Waals surface area (Å²) in [7, 11) is 3.69. The van der Waals surface area contributed by atoms with Gasteiger partial charge in [0.1, 0.15) is 0 Å². The highest BCUT2D eigenvalue weighted by molar-refractivity contribution is 5.75. The molecule has 0 aromatic carbocycles. The average molecular weight is 261 g/mol. The number of ether oxygens (including phenoxy) is 2. The number of nitrogens with one attached hydrogen (secondary N) is 3. The molecular formula is C12H27N3O3. The fourth-order valence-corrected chi connectivity index (χ4v) is 1.25. The second-order valence-electron chi connectivity index (χ2n) is 4.40. The molecule has 0 aliphatic heterocycles. The van der Waals surface area contributed by atoms with Gasteiger partial charge in [-0.1, -0.05) is 0 Å². The minimum absolute atomic E-state index is 0.0295. The molecular weight excluding hydrogens is 234 g/mol. The monoisotopic (exact) mass is 261 g/mol. The molecule has 0 spiro atoms. The van der Waals surface area contributed by atoms with Gasteiger partial charge < -0.3 is 25.4 Å². The Balaban J connectivity index is 3.54. The summed E-state index contributed by atoms with van der Waals surface area (Å²) in [5.41, 5.74) is 0. The molecule has 0 saturated carbocycles. The van der Waals surface area contributed by atoms with Crippen LogP contribution in [0.15, 0.2) is 0 Å². The third-order valence-electron chi connectivity index (χ3n) is 2.28. The molecule has 0 aliphatic carbocycles. The molecule has 3 N–H and O–H groups in total. The molecule has 0 aromatic heterocycles. The van der Waals surface area contributed by atoms with Gasteiger partial charge in [-0.3, -0.25) is 4.79 Å². The molecule has 1 amide bonds. The molecule has 0 heterocycles. The van der Waals surface area contributed by atoms with Crippen LogP contribution in [-0.4, -0.2) is 58.6 Å². The minimum Gasteiger partial charge on any atom is -0.354 e. The van der Waals surface area contributed by atoms with Gasteiger partial charge in [0.05, 0.1) is 13.2 Å². The Kier molecular flexibility index (Phi) is 9.86. The number of carbonyl (C=O) groups excluding carboxylic acids is 1. The van der Waals surface area contributed by atoms with E-state index in [9.17, 15) is 4.79 Å². The fraction of sp³-hybridized carbons (Fsp3) is 0.917. The topological polar surface area (TPSA) is 71.6 Å². The van der Waals surface area contributed by atoms with Crippen LogP contribution in [-0.2, 0) is 14.3 Å². The van der Waals surface area contributed by atoms with E-state index in [0.29, 0.717) is 32.7 Å². The van der Waals surface area contributed by atoms with Crippen molar-refractivity contribution in [3.63, 3.8) is 0 Å². The molecule has 0 rings (SSSR count). The second kappa shape index (κ2) is 10.3. The van der Waals surface area contributed by atoms with Crippen LogP contribution in [0.5, 0.6) is 0 Å². The maximum absolute atomic E-state index is 11.3. The van der Waals surface area contributed by atoms with Crippen molar-refractivity contribution < 1.29 is 14.3 Å². The van der Waals surface area contributed by atoms with E-state index in [1.807, 2.05) is 27.9 Å². The van der Waals surface area contributed by atoms with E-state index in [-0.39, 0.29) is 5.91 Å². The molecule has 108 valence electrons. The van der Waals surface area contributed by atoms with E-state index in [1.54, 1.807) is 0 Å². The summed E-state index contributed by atoms with van der Waals surface area (Å²) in [6.45, 7) is 6.74. The summed E-state index contributed by atoms with van der Waals surface area (Å²) in [4.78, 5) is 11.3. The maximum Gasteiger partial charge on any atom is 0.221 e. The molecule has 0 radical (unpaired) electrons. The number of carbonyl (C=O) groups is 1. The van der Waals surface area contributed by atoms with Crippen molar-refractivity contribution >= 4 is 5.91 Å². The van der Waals surface area contributed by atoms with Crippen LogP contribution in [0, 0.1) is 0 Å². The lowest BCUT2D eigenvalue weighted by Crippen LogP contribution is -2.35. The highest BCUT2D eigenvalue weighted by Gasteiger charge is 2.18. The van der Waals surface area contributed by atoms with Gasteiger partial charge in [0.15, 0.2) is 5.79 Å². The Labute approximate surface area is 110 Å². The van der Waals surface area contributed by atoms with E-state index in [1.165, 1.54) is 0 Å². The van der Waals surface area contributed by atoms with Crippen LogP contribution in [0.4, 0.5) is 0 Å². The van der Waals surface area contributed by atoms with Crippen LogP contribution in [0.3, 0.4) is 0 Å². The van der Waals surface area contributed by atoms with Crippen molar-refractivity contribution in [1.82, 2.24) is 16.0 Å². The lowest BCUT2D eigenvalue weighted by Gasteiger charge is -2.25. The molecule has 6 heteroatoms. The highest BCUT2D eigenvalue weighted by Crippen LogP contribution is 2.09. The van der Waals surface area contributed by atoms with Gasteiger partial charge in [0.2, 0.25) is 5.91 Å². The molecule has 0 aromatic rings. The molecule has 0 unspecified atom stereocenters. The predicted octanol–water partition coefficient (Wildman–Crippen LogP) is -0.299. The zero-order valence-corrected chi connectivity index (χ0v) is 12.0. The second-order valence-corrected chi connectivity index (χ2v) is 4.40. The summed E-state index contributed by atoms with van der Waals surface area (Å²) in [5, 5.41) is 8.71. The molecule has 0 bridgehead atoms. The van der Waals surface area contributed by atoms with Crippen molar-refractivity contribution in [2.45, 2.75) is 26.1 Å². The Morgan fingerprint density at radius 3 is 2.11 bits per heavy atom. The zero-order valence-electron chi connectivity index (χ0n) is 12.0. The maximum atomic E-state index is 11.3. The van der Waals surface area contributed by atoms with E-state index in [2.05, 4.69) is 16.0 Å². The smallest absolute Gasteiger partial charge is 0.221 e. The summed E-state index contributed by atoms with van der Waals surface area (Å²) in [6, 6.07) is 0. The summed E-state index contributed by atoms with van der Waals surface area (Å²) < 4.78 is 11.1. The summed E-state index contributed by atoms with van der Waals surface area (Å²) in [5.74, 6) is -0.589. The van der Waals surface area contributed by atoms with Gasteiger partial charge in [0.25, 0.3) is 0 Å². The van der Waals surface area contributed by atoms with Crippen LogP contribution < -0.4 is 16.0 Å². The molecule has 0 fully saturated rings. The van der Waals surface area contributed by atoms with Crippen molar-refractivity contribution in [2.24, 2.45) is 0 Å². The number of likely N-dealkylation sites (N-methyl/N-ethyl adjacent to an activating group) is 1. The molecule has 18 heavy (non-hydrogen) atoms. The average Bonchev–Trinajstić information content (AvgIpc) is 2.32. The lowest BCUT2D eigenvalue weighted by atomic mass is 10.4. The van der Waals surface area contributed by atoms with E-state index < -0.39 is 5.79 Å². The van der Waals surface area contributed by atoms with Gasteiger partial charge in [0, 0.05) is 26.1 Å². The van der Waals surface area contributed by atoms with Gasteiger partial charge in [-0.15, -0.1) is 0 Å². The lowest BCUT2D eigenvalue weighted by molar-refractivity contribution is -0.211. The summed E-state index contributed by atoms with van der Waals surface area (Å²) >= 11 is 0. The first-order valence-corrected chi connectivity index (χ1v) is 6.35. The third kappa shape index (κ3) is 10.5. The minimum atomic E-state index is -0.619. The van der Waals surface area contributed by atoms with Gasteiger partial charge in [-0.25, -0.2) is 0 Å². The predicted molar refractivity (Wildman–Crippen MR) is 71.5 cm³/mol. The van der Waals surface area contributed by atoms with Gasteiger partial charge in [-0.05, 0) is 27.9 Å². The van der Waals surface area contributed by atoms with Crippen molar-refractivity contribution in [3.8, 4) is 0 Å². The number of hydrogen-bond acceptors (Lipinski definition) is 5. The van der Waals surface area contributed by atoms with E-state index in [4.69, 9.17) is 9.47 Å². The zero-order chi connectivity index (χ0) is 13.9. The third-order valence-corrected chi connectivity index (χ3v) is 2.28. The molecule has 0 atom stereocenters. The molecule has 0 saturated heterocycles. The van der Waals surface area contributed by atoms with Crippen LogP contribution >= 0.6 is 0 Å². The number of hydrogen-bond donors (Lipinski definition) is 3. The first-order valence-electron chi connectivity index (χ1n) is 6.35. The SMILES string of the molecule is CNCCOC(C)(C)OCCNC(=O)CCNC. The Bertz CT molecular complexity index is 223. The quantitative estimate of drug-likeness (QED) is 0.352. The Morgan fingerprint density at radius 2 is 1.56 bits per heavy atom. The fourth-order valence-electron chi connectivity index (χ4n) is 1.25. The first-order chi connectivity index (χ1) is 8.52. The first kappa shape index (κ1) is 17.3. The number of amides is 1. The molecule has 0 aliphatic rings. The highest BCUT2D eigenvalue weighted by atomic mass is 16.7. The van der Waals surface area contributed by atoms with Crippen molar-refractivity contribution in [1.29, 1.82) is 0 Å². The number of rotatable bonds is 11. The normalized spacial score (nSPS) is 11.6. The van der Waals surface area contributed by atoms with E-state index >= 15 is 0 Å². The van der Waals surface area contributed by atoms with E-state index in [0.717, 1.165) is 6.54 Å². The van der Waals surface area contributed by atoms with Crippen LogP contribution in [0.25, 0.3) is 0 Å². The van der Waals surface area contributed by atoms with Gasteiger partial charge in [-0.2, -0.15) is 0 Å². The summed E-state index contributed by atoms with van der Waals surface area (Å²) in [6.07, 6.45) is 0.485. The van der Waals surface area contributed by atoms with Crippen molar-refractivity contribution in [3.05, 3.63) is 0 Å². The standard InChI is InChI=1S/C12H27N3O3/c1-12(2,17-9-7-14-4)18-10-8-15-11(16)5-6-13-3/h13-14H,5-10H2,1-4H3,(H,15,16). The van der Waals surface area contributed by atoms with Gasteiger partial charge >= 0.3 is 0 Å². The molecule has 6 nitrogen and oxygen atoms in total.